The number of hydrogen-bond donors (Lipinski definition) is 0. The summed E-state index contributed by atoms with van der Waals surface area (Å²) in [6, 6.07) is 61.9. The summed E-state index contributed by atoms with van der Waals surface area (Å²) < 4.78 is 13.3. The summed E-state index contributed by atoms with van der Waals surface area (Å²) in [6.07, 6.45) is 0. The first kappa shape index (κ1) is 37.7. The second kappa shape index (κ2) is 14.7. The van der Waals surface area contributed by atoms with Crippen LogP contribution in [0, 0.1) is 13.8 Å². The molecule has 0 saturated carbocycles. The van der Waals surface area contributed by atoms with Gasteiger partial charge >= 0.3 is 0 Å². The maximum absolute atomic E-state index is 6.66. The molecule has 0 saturated heterocycles. The fraction of sp³-hybridized carbons (Fsp3) is 0.138. The molecule has 0 N–H and O–H groups in total. The molecule has 62 heavy (non-hydrogen) atoms. The number of aryl methyl sites for hydroxylation is 2. The second-order valence-electron chi connectivity index (χ2n) is 17.6. The van der Waals surface area contributed by atoms with E-state index in [0.29, 0.717) is 11.8 Å². The minimum atomic E-state index is 0.373. The van der Waals surface area contributed by atoms with Gasteiger partial charge in [0.15, 0.2) is 0 Å². The summed E-state index contributed by atoms with van der Waals surface area (Å²) in [7, 11) is 0. The lowest BCUT2D eigenvalue weighted by molar-refractivity contribution is 0.656. The Morgan fingerprint density at radius 1 is 0.339 bits per heavy atom. The zero-order valence-electron chi connectivity index (χ0n) is 36.0. The molecular weight excluding hydrogens is 757 g/mol. The predicted octanol–water partition coefficient (Wildman–Crippen LogP) is 17.6. The van der Waals surface area contributed by atoms with Gasteiger partial charge in [-0.25, -0.2) is 0 Å². The van der Waals surface area contributed by atoms with Crippen LogP contribution in [0.1, 0.15) is 61.8 Å². The number of furan rings is 2. The van der Waals surface area contributed by atoms with E-state index in [1.807, 2.05) is 0 Å². The van der Waals surface area contributed by atoms with Crippen molar-refractivity contribution < 1.29 is 8.83 Å². The number of anilines is 6. The van der Waals surface area contributed by atoms with E-state index in [4.69, 9.17) is 8.83 Å². The van der Waals surface area contributed by atoms with Crippen molar-refractivity contribution in [1.82, 2.24) is 0 Å². The molecule has 2 heterocycles. The van der Waals surface area contributed by atoms with Gasteiger partial charge in [0.2, 0.25) is 0 Å². The Kier molecular flexibility index (Phi) is 8.94. The van der Waals surface area contributed by atoms with Gasteiger partial charge in [0.1, 0.15) is 22.3 Å². The topological polar surface area (TPSA) is 32.8 Å². The van der Waals surface area contributed by atoms with Gasteiger partial charge < -0.3 is 18.6 Å². The Morgan fingerprint density at radius 2 is 0.710 bits per heavy atom. The summed E-state index contributed by atoms with van der Waals surface area (Å²) in [4.78, 5) is 4.76. The molecule has 0 aliphatic heterocycles. The molecule has 4 heteroatoms. The van der Waals surface area contributed by atoms with E-state index in [9.17, 15) is 0 Å². The van der Waals surface area contributed by atoms with E-state index in [1.54, 1.807) is 0 Å². The van der Waals surface area contributed by atoms with Crippen LogP contribution in [0.15, 0.2) is 179 Å². The fourth-order valence-electron chi connectivity index (χ4n) is 9.39. The third-order valence-corrected chi connectivity index (χ3v) is 12.6. The highest BCUT2D eigenvalue weighted by Crippen LogP contribution is 2.44. The van der Waals surface area contributed by atoms with Crippen molar-refractivity contribution in [1.29, 1.82) is 0 Å². The number of nitrogens with zero attached hydrogens (tertiary/aromatic N) is 2. The maximum atomic E-state index is 6.66. The molecule has 11 aromatic rings. The number of fused-ring (bicyclic) bond motifs is 8. The van der Waals surface area contributed by atoms with Gasteiger partial charge in [-0.3, -0.25) is 0 Å². The molecule has 11 rings (SSSR count). The van der Waals surface area contributed by atoms with Crippen molar-refractivity contribution in [3.05, 3.63) is 192 Å². The van der Waals surface area contributed by atoms with Gasteiger partial charge in [0, 0.05) is 61.7 Å². The highest BCUT2D eigenvalue weighted by Gasteiger charge is 2.21. The minimum absolute atomic E-state index is 0.373. The van der Waals surface area contributed by atoms with Crippen LogP contribution in [0.5, 0.6) is 0 Å². The Hall–Kier alpha value is -7.30. The van der Waals surface area contributed by atoms with Crippen molar-refractivity contribution in [2.24, 2.45) is 0 Å². The van der Waals surface area contributed by atoms with Crippen molar-refractivity contribution in [2.75, 3.05) is 9.80 Å². The van der Waals surface area contributed by atoms with Crippen LogP contribution in [0.4, 0.5) is 34.1 Å². The fourth-order valence-corrected chi connectivity index (χ4v) is 9.39. The van der Waals surface area contributed by atoms with Crippen molar-refractivity contribution in [2.45, 2.75) is 53.4 Å². The Labute approximate surface area is 362 Å². The molecule has 4 nitrogen and oxygen atoms in total. The van der Waals surface area contributed by atoms with E-state index >= 15 is 0 Å². The zero-order chi connectivity index (χ0) is 42.2. The highest BCUT2D eigenvalue weighted by atomic mass is 16.3. The monoisotopic (exact) mass is 804 g/mol. The SMILES string of the molecule is Cc1ccc(N(c2ccc3cc4c(cc3c2)oc2cc3oc5cc6cc(N(c7ccc(C)cc7)c7ccccc7C(C)C)ccc6cc5c3cc24)c2ccccc2C(C)C)cc1. The van der Waals surface area contributed by atoms with Crippen LogP contribution in [0.2, 0.25) is 0 Å². The van der Waals surface area contributed by atoms with Crippen molar-refractivity contribution >= 4 is 99.5 Å². The lowest BCUT2D eigenvalue weighted by Gasteiger charge is -2.29. The van der Waals surface area contributed by atoms with E-state index in [0.717, 1.165) is 77.4 Å². The minimum Gasteiger partial charge on any atom is -0.456 e. The van der Waals surface area contributed by atoms with Gasteiger partial charge in [0.05, 0.1) is 0 Å². The highest BCUT2D eigenvalue weighted by molar-refractivity contribution is 6.18. The number of hydrogen-bond acceptors (Lipinski definition) is 4. The normalized spacial score (nSPS) is 12.0. The standard InChI is InChI=1S/C58H48N2O2/c1-35(2)47-11-7-9-13-53(47)59(43-21-15-37(5)16-22-43)45-25-19-39-29-49-51-33-52-50-30-40-20-26-46(60(44-23-17-38(6)18-24-44)54-14-10-8-12-48(54)36(3)4)28-42(40)32-56(50)62-58(52)34-57(51)61-55(49)31-41(39)27-45/h7-36H,1-6H3. The Balaban J connectivity index is 1.01. The lowest BCUT2D eigenvalue weighted by atomic mass is 9.98. The van der Waals surface area contributed by atoms with Gasteiger partial charge in [0.25, 0.3) is 0 Å². The smallest absolute Gasteiger partial charge is 0.139 e. The van der Waals surface area contributed by atoms with Gasteiger partial charge in [-0.2, -0.15) is 0 Å². The van der Waals surface area contributed by atoms with E-state index in [1.165, 1.54) is 44.4 Å². The van der Waals surface area contributed by atoms with Gasteiger partial charge in [-0.05, 0) is 149 Å². The average molecular weight is 805 g/mol. The lowest BCUT2D eigenvalue weighted by Crippen LogP contribution is -2.12. The summed E-state index contributed by atoms with van der Waals surface area (Å²) in [6.45, 7) is 13.3. The molecule has 0 unspecified atom stereocenters. The summed E-state index contributed by atoms with van der Waals surface area (Å²) in [5, 5.41) is 8.95. The molecule has 0 radical (unpaired) electrons. The van der Waals surface area contributed by atoms with E-state index in [-0.39, 0.29) is 0 Å². The molecule has 0 spiro atoms. The molecular formula is C58H48N2O2. The zero-order valence-corrected chi connectivity index (χ0v) is 36.0. The second-order valence-corrected chi connectivity index (χ2v) is 17.6. The van der Waals surface area contributed by atoms with Crippen LogP contribution >= 0.6 is 0 Å². The first-order chi connectivity index (χ1) is 30.2. The van der Waals surface area contributed by atoms with Crippen LogP contribution in [-0.2, 0) is 0 Å². The molecule has 0 fully saturated rings. The quantitative estimate of drug-likeness (QED) is 0.153. The van der Waals surface area contributed by atoms with Crippen LogP contribution < -0.4 is 9.80 Å². The van der Waals surface area contributed by atoms with E-state index < -0.39 is 0 Å². The molecule has 9 aromatic carbocycles. The third kappa shape index (κ3) is 6.37. The first-order valence-corrected chi connectivity index (χ1v) is 21.8. The average Bonchev–Trinajstić information content (AvgIpc) is 3.81. The number of para-hydroxylation sites is 2. The maximum Gasteiger partial charge on any atom is 0.139 e. The largest absolute Gasteiger partial charge is 0.456 e. The molecule has 0 aliphatic rings. The van der Waals surface area contributed by atoms with Crippen molar-refractivity contribution in [3.63, 3.8) is 0 Å². The summed E-state index contributed by atoms with van der Waals surface area (Å²) >= 11 is 0. The number of benzene rings is 9. The third-order valence-electron chi connectivity index (χ3n) is 12.6. The van der Waals surface area contributed by atoms with Gasteiger partial charge in [-0.1, -0.05) is 112 Å². The predicted molar refractivity (Wildman–Crippen MR) is 263 cm³/mol. The van der Waals surface area contributed by atoms with Crippen LogP contribution in [0.3, 0.4) is 0 Å². The molecule has 0 aliphatic carbocycles. The molecule has 2 aromatic heterocycles. The summed E-state index contributed by atoms with van der Waals surface area (Å²) in [5.74, 6) is 0.745. The summed E-state index contributed by atoms with van der Waals surface area (Å²) in [5.41, 5.74) is 15.3. The van der Waals surface area contributed by atoms with Crippen LogP contribution in [-0.4, -0.2) is 0 Å². The Morgan fingerprint density at radius 3 is 1.13 bits per heavy atom. The van der Waals surface area contributed by atoms with E-state index in [2.05, 4.69) is 221 Å². The molecule has 302 valence electrons. The van der Waals surface area contributed by atoms with Crippen LogP contribution in [0.25, 0.3) is 65.4 Å². The van der Waals surface area contributed by atoms with Crippen molar-refractivity contribution in [3.8, 4) is 0 Å². The Bertz CT molecular complexity index is 3270. The molecule has 0 bridgehead atoms. The van der Waals surface area contributed by atoms with Gasteiger partial charge in [-0.15, -0.1) is 0 Å². The molecule has 0 amide bonds. The first-order valence-electron chi connectivity index (χ1n) is 21.8. The molecule has 0 atom stereocenters. The number of rotatable bonds is 8.